The highest BCUT2D eigenvalue weighted by Crippen LogP contribution is 2.45. The van der Waals surface area contributed by atoms with E-state index in [4.69, 9.17) is 14.2 Å². The van der Waals surface area contributed by atoms with Gasteiger partial charge < -0.3 is 24.4 Å². The van der Waals surface area contributed by atoms with E-state index < -0.39 is 24.1 Å². The van der Waals surface area contributed by atoms with Crippen molar-refractivity contribution in [2.75, 3.05) is 0 Å². The second kappa shape index (κ2) is 11.8. The smallest absolute Gasteiger partial charge is 0.335 e. The first-order chi connectivity index (χ1) is 14.7. The molecule has 0 aliphatic carbocycles. The number of hydrogen-bond acceptors (Lipinski definition) is 9. The van der Waals surface area contributed by atoms with Gasteiger partial charge in [0.05, 0.1) is 23.3 Å². The van der Waals surface area contributed by atoms with Crippen molar-refractivity contribution >= 4 is 34.6 Å². The monoisotopic (exact) mass is 466 g/mol. The highest BCUT2D eigenvalue weighted by atomic mass is 32.1. The summed E-state index contributed by atoms with van der Waals surface area (Å²) in [6.45, 7) is 6.67. The molecule has 0 aliphatic rings. The van der Waals surface area contributed by atoms with Gasteiger partial charge in [-0.15, -0.1) is 22.7 Å². The molecule has 2 heterocycles. The van der Waals surface area contributed by atoms with Crippen LogP contribution in [0, 0.1) is 0 Å². The number of ether oxygens (including phenoxy) is 3. The van der Waals surface area contributed by atoms with Gasteiger partial charge >= 0.3 is 11.9 Å². The van der Waals surface area contributed by atoms with Gasteiger partial charge in [-0.05, 0) is 27.7 Å². The van der Waals surface area contributed by atoms with Gasteiger partial charge in [0.1, 0.15) is 11.5 Å². The van der Waals surface area contributed by atoms with Gasteiger partial charge in [0.25, 0.3) is 0 Å². The van der Waals surface area contributed by atoms with Crippen molar-refractivity contribution in [2.24, 2.45) is 0 Å². The first kappa shape index (κ1) is 24.8. The topological polar surface area (TPSA) is 102 Å². The Kier molecular flexibility index (Phi) is 9.44. The Morgan fingerprint density at radius 2 is 1.26 bits per heavy atom. The molecule has 0 radical (unpaired) electrons. The highest BCUT2D eigenvalue weighted by Gasteiger charge is 2.23. The van der Waals surface area contributed by atoms with E-state index in [0.717, 1.165) is 0 Å². The van der Waals surface area contributed by atoms with E-state index in [2.05, 4.69) is 0 Å². The van der Waals surface area contributed by atoms with Crippen molar-refractivity contribution in [3.63, 3.8) is 0 Å². The van der Waals surface area contributed by atoms with Gasteiger partial charge in [0, 0.05) is 35.8 Å². The van der Waals surface area contributed by atoms with Crippen molar-refractivity contribution in [1.82, 2.24) is 0 Å². The van der Waals surface area contributed by atoms with E-state index in [0.29, 0.717) is 32.8 Å². The number of carbonyl (C=O) groups excluding carboxylic acids is 2. The molecule has 0 amide bonds. The molecule has 31 heavy (non-hydrogen) atoms. The molecular weight excluding hydrogens is 440 g/mol. The van der Waals surface area contributed by atoms with E-state index in [1.54, 1.807) is 50.6 Å². The predicted octanol–water partition coefficient (Wildman–Crippen LogP) is 4.41. The Morgan fingerprint density at radius 3 is 1.58 bits per heavy atom. The van der Waals surface area contributed by atoms with Gasteiger partial charge in [-0.1, -0.05) is 12.2 Å². The van der Waals surface area contributed by atoms with Crippen molar-refractivity contribution in [2.45, 2.75) is 52.7 Å². The number of aliphatic hydroxyl groups is 2. The first-order valence-electron chi connectivity index (χ1n) is 9.68. The number of carbonyl (C=O) groups is 2. The maximum atomic E-state index is 11.9. The molecule has 0 saturated heterocycles. The fraction of sp³-hybridized carbons (Fsp3) is 0.364. The molecule has 2 atom stereocenters. The summed E-state index contributed by atoms with van der Waals surface area (Å²) in [4.78, 5) is 23.7. The summed E-state index contributed by atoms with van der Waals surface area (Å²) >= 11 is 2.45. The molecule has 2 unspecified atom stereocenters. The lowest BCUT2D eigenvalue weighted by Crippen LogP contribution is -2.10. The molecule has 9 heteroatoms. The Balaban J connectivity index is 2.37. The third-order valence-electron chi connectivity index (χ3n) is 3.84. The fourth-order valence-corrected chi connectivity index (χ4v) is 4.42. The molecule has 0 aromatic carbocycles. The Labute approximate surface area is 189 Å². The summed E-state index contributed by atoms with van der Waals surface area (Å²) in [5.41, 5.74) is 1.11. The second-order valence-corrected chi connectivity index (χ2v) is 8.47. The van der Waals surface area contributed by atoms with E-state index >= 15 is 0 Å². The van der Waals surface area contributed by atoms with Crippen LogP contribution in [0.1, 0.15) is 38.8 Å². The largest absolute Gasteiger partial charge is 0.435 e. The lowest BCUT2D eigenvalue weighted by atomic mass is 10.1. The molecule has 2 rings (SSSR count). The van der Waals surface area contributed by atoms with Gasteiger partial charge in [-0.25, -0.2) is 9.59 Å². The Morgan fingerprint density at radius 1 is 0.871 bits per heavy atom. The number of allylic oxidation sites excluding steroid dienone is 2. The minimum absolute atomic E-state index is 0.220. The van der Waals surface area contributed by atoms with Gasteiger partial charge in [0.2, 0.25) is 0 Å². The van der Waals surface area contributed by atoms with Crippen LogP contribution >= 0.6 is 22.7 Å². The van der Waals surface area contributed by atoms with Crippen LogP contribution < -0.4 is 14.2 Å². The van der Waals surface area contributed by atoms with E-state index in [9.17, 15) is 19.8 Å². The first-order valence-corrected chi connectivity index (χ1v) is 11.4. The van der Waals surface area contributed by atoms with Crippen LogP contribution in [0.4, 0.5) is 0 Å². The minimum atomic E-state index is -0.686. The molecule has 2 aromatic heterocycles. The average Bonchev–Trinajstić information content (AvgIpc) is 3.20. The van der Waals surface area contributed by atoms with Crippen molar-refractivity contribution in [3.05, 3.63) is 46.2 Å². The standard InChI is InChI=1S/C22H26O7S2/c1-5-7-19(25)27-17-11-30-21(15(17)9-13(3)23)29-22-16(10-14(4)24)18(12-31-22)28-20(26)8-6-2/h5-8,11-14,23-24H,9-10H2,1-4H3. The Bertz CT molecular complexity index is 875. The van der Waals surface area contributed by atoms with Crippen LogP contribution in [0.15, 0.2) is 35.1 Å². The molecule has 0 spiro atoms. The third-order valence-corrected chi connectivity index (χ3v) is 5.60. The number of hydrogen-bond donors (Lipinski definition) is 2. The maximum Gasteiger partial charge on any atom is 0.335 e. The van der Waals surface area contributed by atoms with Crippen molar-refractivity contribution < 1.29 is 34.0 Å². The van der Waals surface area contributed by atoms with Crippen LogP contribution in [-0.2, 0) is 22.4 Å². The average molecular weight is 467 g/mol. The summed E-state index contributed by atoms with van der Waals surface area (Å²) in [6, 6.07) is 0. The summed E-state index contributed by atoms with van der Waals surface area (Å²) in [6.07, 6.45) is 4.82. The zero-order valence-corrected chi connectivity index (χ0v) is 19.4. The summed E-state index contributed by atoms with van der Waals surface area (Å²) in [7, 11) is 0. The zero-order chi connectivity index (χ0) is 23.0. The molecule has 168 valence electrons. The highest BCUT2D eigenvalue weighted by molar-refractivity contribution is 7.13. The quantitative estimate of drug-likeness (QED) is 0.395. The predicted molar refractivity (Wildman–Crippen MR) is 120 cm³/mol. The fourth-order valence-electron chi connectivity index (χ4n) is 2.64. The summed E-state index contributed by atoms with van der Waals surface area (Å²) in [5.74, 6) is -0.416. The number of esters is 2. The lowest BCUT2D eigenvalue weighted by molar-refractivity contribution is -0.129. The van der Waals surface area contributed by atoms with Crippen molar-refractivity contribution in [1.29, 1.82) is 0 Å². The number of rotatable bonds is 10. The number of aliphatic hydroxyl groups excluding tert-OH is 2. The normalized spacial score (nSPS) is 13.5. The molecule has 0 bridgehead atoms. The summed E-state index contributed by atoms with van der Waals surface area (Å²) < 4.78 is 16.8. The van der Waals surface area contributed by atoms with Crippen LogP contribution in [0.25, 0.3) is 0 Å². The third kappa shape index (κ3) is 7.32. The molecule has 2 N–H and O–H groups in total. The molecule has 0 saturated carbocycles. The SMILES string of the molecule is CC=CC(=O)Oc1csc(Oc2scc(OC(=O)C=CC)c2CC(C)O)c1CC(C)O. The molecule has 2 aromatic rings. The minimum Gasteiger partial charge on any atom is -0.435 e. The van der Waals surface area contributed by atoms with Crippen LogP contribution in [-0.4, -0.2) is 34.4 Å². The summed E-state index contributed by atoms with van der Waals surface area (Å²) in [5, 5.41) is 24.0. The Hall–Kier alpha value is -2.46. The van der Waals surface area contributed by atoms with Gasteiger partial charge in [-0.2, -0.15) is 0 Å². The van der Waals surface area contributed by atoms with Gasteiger partial charge in [-0.3, -0.25) is 0 Å². The van der Waals surface area contributed by atoms with E-state index in [1.807, 2.05) is 0 Å². The molecule has 7 nitrogen and oxygen atoms in total. The number of thiophene rings is 2. The van der Waals surface area contributed by atoms with Crippen LogP contribution in [0.2, 0.25) is 0 Å². The lowest BCUT2D eigenvalue weighted by Gasteiger charge is -2.12. The second-order valence-electron chi connectivity index (χ2n) is 6.78. The van der Waals surface area contributed by atoms with Crippen LogP contribution in [0.3, 0.4) is 0 Å². The van der Waals surface area contributed by atoms with E-state index in [-0.39, 0.29) is 12.8 Å². The maximum absolute atomic E-state index is 11.9. The van der Waals surface area contributed by atoms with Gasteiger partial charge in [0.15, 0.2) is 10.1 Å². The zero-order valence-electron chi connectivity index (χ0n) is 17.8. The van der Waals surface area contributed by atoms with Crippen LogP contribution in [0.5, 0.6) is 21.6 Å². The van der Waals surface area contributed by atoms with E-state index in [1.165, 1.54) is 34.8 Å². The molecular formula is C22H26O7S2. The van der Waals surface area contributed by atoms with Crippen molar-refractivity contribution in [3.8, 4) is 21.6 Å². The molecule has 0 fully saturated rings. The molecule has 0 aliphatic heterocycles.